The summed E-state index contributed by atoms with van der Waals surface area (Å²) in [6, 6.07) is 0. The minimum absolute atomic E-state index is 0.472. The zero-order chi connectivity index (χ0) is 9.44. The number of hydrogen-bond donors (Lipinski definition) is 3. The number of carboxylic acid groups (broad SMARTS) is 1. The average molecular weight is 164 g/mol. The van der Waals surface area contributed by atoms with E-state index in [1.54, 1.807) is 0 Å². The number of aliphatic carboxylic acids is 1. The molecule has 2 atom stereocenters. The molecule has 0 aromatic rings. The van der Waals surface area contributed by atoms with E-state index >= 15 is 0 Å². The second-order valence-electron chi connectivity index (χ2n) is 1.89. The fraction of sp³-hybridized carbons (Fsp3) is 0.667. The zero-order valence-corrected chi connectivity index (χ0v) is 6.39. The molecule has 5 nitrogen and oxygen atoms in total. The molecular weight excluding hydrogens is 152 g/mol. The van der Waals surface area contributed by atoms with E-state index in [9.17, 15) is 9.59 Å². The summed E-state index contributed by atoms with van der Waals surface area (Å²) in [4.78, 5) is 18.7. The van der Waals surface area contributed by atoms with E-state index in [4.69, 9.17) is 15.3 Å². The van der Waals surface area contributed by atoms with Gasteiger partial charge < -0.3 is 20.1 Å². The first-order valence-corrected chi connectivity index (χ1v) is 2.96. The predicted molar refractivity (Wildman–Crippen MR) is 37.1 cm³/mol. The lowest BCUT2D eigenvalue weighted by atomic mass is 10.4. The Bertz CT molecular complexity index is 118. The number of aliphatic hydroxyl groups excluding tert-OH is 2. The Morgan fingerprint density at radius 3 is 1.55 bits per heavy atom. The Balaban J connectivity index is 0. The van der Waals surface area contributed by atoms with E-state index < -0.39 is 18.2 Å². The van der Waals surface area contributed by atoms with Gasteiger partial charge in [0, 0.05) is 0 Å². The molecule has 3 N–H and O–H groups in total. The van der Waals surface area contributed by atoms with E-state index in [0.717, 1.165) is 0 Å². The highest BCUT2D eigenvalue weighted by molar-refractivity contribution is 5.71. The maximum Gasteiger partial charge on any atom is 0.332 e. The molecular formula is C6H12O5. The highest BCUT2D eigenvalue weighted by Crippen LogP contribution is 1.73. The molecule has 0 aromatic heterocycles. The van der Waals surface area contributed by atoms with Gasteiger partial charge in [0.05, 0.1) is 0 Å². The van der Waals surface area contributed by atoms with Crippen molar-refractivity contribution < 1.29 is 24.9 Å². The van der Waals surface area contributed by atoms with Gasteiger partial charge in [-0.25, -0.2) is 4.79 Å². The van der Waals surface area contributed by atoms with Crippen molar-refractivity contribution in [2.75, 3.05) is 0 Å². The fourth-order valence-electron chi connectivity index (χ4n) is 0. The topological polar surface area (TPSA) is 94.8 Å². The largest absolute Gasteiger partial charge is 0.479 e. The van der Waals surface area contributed by atoms with Crippen LogP contribution in [0.15, 0.2) is 0 Å². The summed E-state index contributed by atoms with van der Waals surface area (Å²) >= 11 is 0. The second-order valence-corrected chi connectivity index (χ2v) is 1.89. The quantitative estimate of drug-likeness (QED) is 0.456. The molecule has 0 saturated heterocycles. The normalized spacial score (nSPS) is 13.8. The van der Waals surface area contributed by atoms with Crippen molar-refractivity contribution in [3.8, 4) is 0 Å². The van der Waals surface area contributed by atoms with Crippen molar-refractivity contribution in [3.63, 3.8) is 0 Å². The SMILES string of the molecule is CC(O)C(=O)O.CC(O)C=O. The van der Waals surface area contributed by atoms with Gasteiger partial charge in [0.1, 0.15) is 18.5 Å². The van der Waals surface area contributed by atoms with Crippen LogP contribution >= 0.6 is 0 Å². The lowest BCUT2D eigenvalue weighted by molar-refractivity contribution is -0.145. The number of aliphatic hydroxyl groups is 2. The summed E-state index contributed by atoms with van der Waals surface area (Å²) in [6.45, 7) is 2.61. The molecule has 0 saturated carbocycles. The number of hydrogen-bond acceptors (Lipinski definition) is 4. The van der Waals surface area contributed by atoms with Crippen molar-refractivity contribution in [1.29, 1.82) is 0 Å². The van der Waals surface area contributed by atoms with Crippen molar-refractivity contribution in [3.05, 3.63) is 0 Å². The number of rotatable bonds is 2. The Morgan fingerprint density at radius 1 is 1.36 bits per heavy atom. The summed E-state index contributed by atoms with van der Waals surface area (Å²) in [6.07, 6.45) is -1.56. The van der Waals surface area contributed by atoms with Crippen LogP contribution in [0.1, 0.15) is 13.8 Å². The van der Waals surface area contributed by atoms with Gasteiger partial charge in [0.15, 0.2) is 0 Å². The third-order valence-electron chi connectivity index (χ3n) is 0.554. The van der Waals surface area contributed by atoms with Gasteiger partial charge in [-0.05, 0) is 13.8 Å². The van der Waals surface area contributed by atoms with Gasteiger partial charge in [-0.2, -0.15) is 0 Å². The highest BCUT2D eigenvalue weighted by Gasteiger charge is 2.01. The van der Waals surface area contributed by atoms with Crippen molar-refractivity contribution in [1.82, 2.24) is 0 Å². The van der Waals surface area contributed by atoms with Crippen molar-refractivity contribution in [2.24, 2.45) is 0 Å². The Hall–Kier alpha value is -0.940. The summed E-state index contributed by atoms with van der Waals surface area (Å²) in [5.74, 6) is -1.19. The molecule has 2 unspecified atom stereocenters. The van der Waals surface area contributed by atoms with Crippen LogP contribution in [0.25, 0.3) is 0 Å². The van der Waals surface area contributed by atoms with E-state index in [1.165, 1.54) is 13.8 Å². The highest BCUT2D eigenvalue weighted by atomic mass is 16.4. The summed E-state index contributed by atoms with van der Waals surface area (Å²) in [5.41, 5.74) is 0. The van der Waals surface area contributed by atoms with Crippen LogP contribution in [-0.4, -0.2) is 39.8 Å². The molecule has 0 aliphatic carbocycles. The van der Waals surface area contributed by atoms with Gasteiger partial charge in [-0.15, -0.1) is 0 Å². The molecule has 11 heavy (non-hydrogen) atoms. The number of carbonyl (C=O) groups excluding carboxylic acids is 1. The van der Waals surface area contributed by atoms with Crippen molar-refractivity contribution >= 4 is 12.3 Å². The van der Waals surface area contributed by atoms with Crippen LogP contribution in [0.2, 0.25) is 0 Å². The van der Waals surface area contributed by atoms with E-state index in [0.29, 0.717) is 6.29 Å². The standard InChI is InChI=1S/C3H6O3.C3H6O2/c1-2(4)3(5)6;1-3(5)2-4/h2,4H,1H3,(H,5,6);2-3,5H,1H3. The van der Waals surface area contributed by atoms with Crippen LogP contribution in [0.3, 0.4) is 0 Å². The predicted octanol–water partition coefficient (Wildman–Crippen LogP) is -0.982. The van der Waals surface area contributed by atoms with Gasteiger partial charge >= 0.3 is 5.97 Å². The first kappa shape index (κ1) is 12.7. The molecule has 5 heteroatoms. The minimum Gasteiger partial charge on any atom is -0.479 e. The third-order valence-corrected chi connectivity index (χ3v) is 0.554. The maximum atomic E-state index is 9.45. The molecule has 0 aromatic carbocycles. The minimum atomic E-state index is -1.23. The van der Waals surface area contributed by atoms with Crippen LogP contribution in [0.5, 0.6) is 0 Å². The lowest BCUT2D eigenvalue weighted by Gasteiger charge is -1.89. The maximum absolute atomic E-state index is 9.45. The van der Waals surface area contributed by atoms with Gasteiger partial charge in [0.2, 0.25) is 0 Å². The molecule has 66 valence electrons. The zero-order valence-electron chi connectivity index (χ0n) is 6.39. The Labute approximate surface area is 64.3 Å². The summed E-state index contributed by atoms with van der Waals surface area (Å²) < 4.78 is 0. The van der Waals surface area contributed by atoms with E-state index in [2.05, 4.69) is 0 Å². The average Bonchev–Trinajstić information content (AvgIpc) is 1.89. The van der Waals surface area contributed by atoms with Gasteiger partial charge in [-0.1, -0.05) is 0 Å². The molecule has 0 aliphatic rings. The van der Waals surface area contributed by atoms with Crippen LogP contribution in [0.4, 0.5) is 0 Å². The lowest BCUT2D eigenvalue weighted by Crippen LogP contribution is -2.13. The van der Waals surface area contributed by atoms with Crippen LogP contribution < -0.4 is 0 Å². The number of carboxylic acids is 1. The fourth-order valence-corrected chi connectivity index (χ4v) is 0. The molecule has 0 aliphatic heterocycles. The van der Waals surface area contributed by atoms with Crippen molar-refractivity contribution in [2.45, 2.75) is 26.1 Å². The summed E-state index contributed by atoms with van der Waals surface area (Å²) in [5, 5.41) is 23.8. The van der Waals surface area contributed by atoms with Gasteiger partial charge in [0.25, 0.3) is 0 Å². The first-order chi connectivity index (χ1) is 4.91. The molecule has 0 radical (unpaired) electrons. The van der Waals surface area contributed by atoms with Crippen LogP contribution in [-0.2, 0) is 9.59 Å². The number of carbonyl (C=O) groups is 2. The second kappa shape index (κ2) is 7.17. The smallest absolute Gasteiger partial charge is 0.332 e. The molecule has 0 bridgehead atoms. The summed E-state index contributed by atoms with van der Waals surface area (Å²) in [7, 11) is 0. The Morgan fingerprint density at radius 2 is 1.55 bits per heavy atom. The molecule has 0 spiro atoms. The molecule has 0 rings (SSSR count). The van der Waals surface area contributed by atoms with Gasteiger partial charge in [-0.3, -0.25) is 0 Å². The Kier molecular flexibility index (Phi) is 8.29. The molecule has 0 fully saturated rings. The molecule has 0 amide bonds. The first-order valence-electron chi connectivity index (χ1n) is 2.96. The third kappa shape index (κ3) is 17.6. The monoisotopic (exact) mass is 164 g/mol. The number of aldehydes is 1. The van der Waals surface area contributed by atoms with Crippen LogP contribution in [0, 0.1) is 0 Å². The van der Waals surface area contributed by atoms with E-state index in [-0.39, 0.29) is 0 Å². The molecule has 0 heterocycles. The van der Waals surface area contributed by atoms with E-state index in [1.807, 2.05) is 0 Å².